The number of ketones is 1. The van der Waals surface area contributed by atoms with Gasteiger partial charge < -0.3 is 5.11 Å². The van der Waals surface area contributed by atoms with E-state index in [-0.39, 0.29) is 48.9 Å². The van der Waals surface area contributed by atoms with Gasteiger partial charge in [-0.15, -0.1) is 35.9 Å². The number of aromatic nitrogens is 1. The molecule has 0 saturated carbocycles. The second-order valence-corrected chi connectivity index (χ2v) is 12.1. The summed E-state index contributed by atoms with van der Waals surface area (Å²) < 4.78 is 0. The molecule has 0 amide bonds. The molecule has 1 N–H and O–H groups in total. The number of aryl methyl sites for hydroxylation is 2. The minimum absolute atomic E-state index is 0. The molecule has 4 heteroatoms. The van der Waals surface area contributed by atoms with Crippen LogP contribution in [-0.2, 0) is 30.3 Å². The molecular weight excluding hydrogens is 707 g/mol. The number of benzene rings is 3. The minimum atomic E-state index is -0.0589. The summed E-state index contributed by atoms with van der Waals surface area (Å²) in [6.07, 6.45) is 4.91. The number of hydrogen-bond donors (Lipinski definition) is 1. The number of rotatable bonds is 8. The first kappa shape index (κ1) is 34.4. The number of nitrogens with zero attached hydrogens (tertiary/aromatic N) is 1. The van der Waals surface area contributed by atoms with Crippen molar-refractivity contribution in [3.05, 3.63) is 101 Å². The summed E-state index contributed by atoms with van der Waals surface area (Å²) in [7, 11) is 0. The number of aliphatic hydroxyl groups is 1. The van der Waals surface area contributed by atoms with E-state index in [2.05, 4.69) is 82.3 Å². The first-order valence-corrected chi connectivity index (χ1v) is 15.6. The molecule has 43 heavy (non-hydrogen) atoms. The zero-order chi connectivity index (χ0) is 30.6. The Morgan fingerprint density at radius 3 is 2.16 bits per heavy atom. The van der Waals surface area contributed by atoms with E-state index >= 15 is 0 Å². The largest absolute Gasteiger partial charge is 0.512 e. The molecule has 0 saturated heterocycles. The fourth-order valence-electron chi connectivity index (χ4n) is 6.56. The fraction of sp³-hybridized carbons (Fsp3) is 0.385. The molecule has 1 radical (unpaired) electrons. The number of carbonyl (C=O) groups excluding carboxylic acids is 1. The van der Waals surface area contributed by atoms with Crippen molar-refractivity contribution in [2.75, 3.05) is 0 Å². The van der Waals surface area contributed by atoms with Gasteiger partial charge in [-0.1, -0.05) is 71.9 Å². The van der Waals surface area contributed by atoms with E-state index in [0.717, 1.165) is 42.5 Å². The molecule has 1 aliphatic carbocycles. The average molecular weight is 753 g/mol. The van der Waals surface area contributed by atoms with Crippen LogP contribution in [0.1, 0.15) is 89.5 Å². The zero-order valence-corrected chi connectivity index (χ0v) is 29.4. The Kier molecular flexibility index (Phi) is 11.7. The Balaban J connectivity index is 0.000000274. The SMILES string of the molecule is CCC(CC)C(=O)/C=C(\O)C(CC)CC.Cc1cc(C)c2c3c(c(-c4[c-]cccc4)nc2c1)-c1ccccc1C3(C)C.[Ir]. The summed E-state index contributed by atoms with van der Waals surface area (Å²) in [6, 6.07) is 24.9. The van der Waals surface area contributed by atoms with E-state index in [0.29, 0.717) is 0 Å². The molecule has 229 valence electrons. The van der Waals surface area contributed by atoms with E-state index in [1.165, 1.54) is 44.8 Å². The monoisotopic (exact) mass is 753 g/mol. The second kappa shape index (κ2) is 14.6. The van der Waals surface area contributed by atoms with Crippen LogP contribution in [0.25, 0.3) is 33.3 Å². The molecule has 0 aliphatic heterocycles. The van der Waals surface area contributed by atoms with Crippen LogP contribution in [-0.4, -0.2) is 15.9 Å². The van der Waals surface area contributed by atoms with Crippen molar-refractivity contribution >= 4 is 16.7 Å². The molecule has 0 fully saturated rings. The molecule has 0 spiro atoms. The summed E-state index contributed by atoms with van der Waals surface area (Å²) in [4.78, 5) is 16.9. The molecule has 1 aromatic heterocycles. The van der Waals surface area contributed by atoms with Crippen LogP contribution < -0.4 is 0 Å². The summed E-state index contributed by atoms with van der Waals surface area (Å²) in [5.41, 5.74) is 11.0. The van der Waals surface area contributed by atoms with E-state index < -0.39 is 0 Å². The van der Waals surface area contributed by atoms with Crippen LogP contribution in [0.4, 0.5) is 0 Å². The van der Waals surface area contributed by atoms with Gasteiger partial charge in [0.1, 0.15) is 0 Å². The number of allylic oxidation sites excluding steroid dienone is 2. The van der Waals surface area contributed by atoms with Crippen molar-refractivity contribution in [2.24, 2.45) is 11.8 Å². The van der Waals surface area contributed by atoms with Gasteiger partial charge in [-0.25, -0.2) is 0 Å². The summed E-state index contributed by atoms with van der Waals surface area (Å²) in [5.74, 6) is 0.547. The molecule has 1 aliphatic rings. The van der Waals surface area contributed by atoms with Gasteiger partial charge in [0.2, 0.25) is 0 Å². The third-order valence-electron chi connectivity index (χ3n) is 8.97. The van der Waals surface area contributed by atoms with Gasteiger partial charge in [-0.2, -0.15) is 0 Å². The van der Waals surface area contributed by atoms with Gasteiger partial charge in [0.25, 0.3) is 0 Å². The maximum atomic E-state index is 11.7. The first-order chi connectivity index (χ1) is 20.1. The van der Waals surface area contributed by atoms with Crippen molar-refractivity contribution in [2.45, 2.75) is 86.5 Å². The second-order valence-electron chi connectivity index (χ2n) is 12.1. The molecule has 0 atom stereocenters. The molecule has 5 rings (SSSR count). The van der Waals surface area contributed by atoms with E-state index in [4.69, 9.17) is 4.98 Å². The van der Waals surface area contributed by atoms with Crippen molar-refractivity contribution in [3.8, 4) is 22.4 Å². The molecular formula is C39H46IrNO2-. The third-order valence-corrected chi connectivity index (χ3v) is 8.97. The number of fused-ring (bicyclic) bond motifs is 5. The standard InChI is InChI=1S/C26H22N.C13H24O2.Ir/c1-16-14-17(2)22-21(15-16)27-25(18-10-6-5-7-11-18)23-19-12-8-9-13-20(19)26(3,4)24(22)23;1-5-10(6-2)12(14)9-13(15)11(7-3)8-4;/h5-10,12-15H,1-4H3;9-11,14H,5-8H2,1-4H3;/q-1;;/b;12-9-;. The van der Waals surface area contributed by atoms with Gasteiger partial charge in [-0.05, 0) is 84.7 Å². The normalized spacial score (nSPS) is 13.3. The quantitative estimate of drug-likeness (QED) is 0.111. The van der Waals surface area contributed by atoms with Crippen LogP contribution in [0, 0.1) is 31.7 Å². The zero-order valence-electron chi connectivity index (χ0n) is 27.0. The Hall–Kier alpha value is -3.07. The predicted molar refractivity (Wildman–Crippen MR) is 177 cm³/mol. The van der Waals surface area contributed by atoms with Crippen LogP contribution in [0.3, 0.4) is 0 Å². The van der Waals surface area contributed by atoms with Crippen molar-refractivity contribution < 1.29 is 30.0 Å². The Morgan fingerprint density at radius 2 is 1.56 bits per heavy atom. The van der Waals surface area contributed by atoms with Gasteiger partial charge in [0, 0.05) is 48.8 Å². The first-order valence-electron chi connectivity index (χ1n) is 15.6. The Bertz CT molecular complexity index is 1600. The number of hydrogen-bond acceptors (Lipinski definition) is 3. The number of carbonyl (C=O) groups is 1. The Labute approximate surface area is 272 Å². The van der Waals surface area contributed by atoms with Crippen LogP contribution >= 0.6 is 0 Å². The maximum Gasteiger partial charge on any atom is 0.162 e. The van der Waals surface area contributed by atoms with E-state index in [1.54, 1.807) is 0 Å². The van der Waals surface area contributed by atoms with Crippen LogP contribution in [0.15, 0.2) is 72.5 Å². The fourth-order valence-corrected chi connectivity index (χ4v) is 6.56. The molecule has 3 aromatic carbocycles. The van der Waals surface area contributed by atoms with Crippen LogP contribution in [0.2, 0.25) is 0 Å². The van der Waals surface area contributed by atoms with Gasteiger partial charge in [-0.3, -0.25) is 9.78 Å². The molecule has 0 bridgehead atoms. The molecule has 3 nitrogen and oxygen atoms in total. The maximum absolute atomic E-state index is 11.7. The van der Waals surface area contributed by atoms with E-state index in [9.17, 15) is 9.90 Å². The van der Waals surface area contributed by atoms with Crippen LogP contribution in [0.5, 0.6) is 0 Å². The predicted octanol–water partition coefficient (Wildman–Crippen LogP) is 10.5. The van der Waals surface area contributed by atoms with Gasteiger partial charge in [0.15, 0.2) is 5.78 Å². The van der Waals surface area contributed by atoms with Crippen molar-refractivity contribution in [1.29, 1.82) is 0 Å². The summed E-state index contributed by atoms with van der Waals surface area (Å²) in [5, 5.41) is 11.1. The average Bonchev–Trinajstić information content (AvgIpc) is 3.21. The summed E-state index contributed by atoms with van der Waals surface area (Å²) in [6.45, 7) is 17.1. The van der Waals surface area contributed by atoms with E-state index in [1.807, 2.05) is 39.8 Å². The van der Waals surface area contributed by atoms with Gasteiger partial charge >= 0.3 is 0 Å². The minimum Gasteiger partial charge on any atom is -0.512 e. The molecule has 1 heterocycles. The number of aliphatic hydroxyl groups excluding tert-OH is 1. The summed E-state index contributed by atoms with van der Waals surface area (Å²) >= 11 is 0. The molecule has 0 unspecified atom stereocenters. The topological polar surface area (TPSA) is 50.2 Å². The molecule has 4 aromatic rings. The van der Waals surface area contributed by atoms with Gasteiger partial charge in [0.05, 0.1) is 11.3 Å². The number of pyridine rings is 1. The van der Waals surface area contributed by atoms with Crippen molar-refractivity contribution in [3.63, 3.8) is 0 Å². The van der Waals surface area contributed by atoms with Crippen molar-refractivity contribution in [1.82, 2.24) is 4.98 Å². The smallest absolute Gasteiger partial charge is 0.162 e. The Morgan fingerprint density at radius 1 is 0.930 bits per heavy atom. The third kappa shape index (κ3) is 6.87.